The third-order valence-electron chi connectivity index (χ3n) is 1.83. The molecule has 0 saturated heterocycles. The van der Waals surface area contributed by atoms with Gasteiger partial charge in [-0.1, -0.05) is 6.07 Å². The number of ketones is 1. The lowest BCUT2D eigenvalue weighted by Gasteiger charge is -2.13. The second kappa shape index (κ2) is 4.51. The molecule has 0 amide bonds. The van der Waals surface area contributed by atoms with Crippen LogP contribution >= 0.6 is 0 Å². The molecule has 0 aliphatic heterocycles. The number of alkyl halides is 5. The number of benzene rings is 1. The van der Waals surface area contributed by atoms with Gasteiger partial charge < -0.3 is 4.74 Å². The maximum Gasteiger partial charge on any atom is 0.573 e. The summed E-state index contributed by atoms with van der Waals surface area (Å²) in [7, 11) is 0. The molecule has 18 heavy (non-hydrogen) atoms. The molecular weight excluding hydrogens is 266 g/mol. The Balaban J connectivity index is 3.18. The Morgan fingerprint density at radius 2 is 1.72 bits per heavy atom. The van der Waals surface area contributed by atoms with Crippen LogP contribution in [-0.2, 0) is 0 Å². The first-order valence-electron chi connectivity index (χ1n) is 4.49. The molecule has 0 aliphatic carbocycles. The number of rotatable bonds is 3. The van der Waals surface area contributed by atoms with Crippen LogP contribution in [0.5, 0.6) is 5.75 Å². The highest BCUT2D eigenvalue weighted by molar-refractivity contribution is 6.01. The summed E-state index contributed by atoms with van der Waals surface area (Å²) in [6, 6.07) is 2.04. The second-order valence-corrected chi connectivity index (χ2v) is 3.38. The molecule has 0 heterocycles. The number of carbonyl (C=O) groups is 1. The summed E-state index contributed by atoms with van der Waals surface area (Å²) in [6.45, 7) is 0.214. The van der Waals surface area contributed by atoms with Crippen molar-refractivity contribution in [1.82, 2.24) is 0 Å². The van der Waals surface area contributed by atoms with Gasteiger partial charge in [-0.2, -0.15) is 8.78 Å². The van der Waals surface area contributed by atoms with Crippen molar-refractivity contribution in [2.24, 2.45) is 0 Å². The summed E-state index contributed by atoms with van der Waals surface area (Å²) >= 11 is 0. The van der Waals surface area contributed by atoms with Crippen LogP contribution < -0.4 is 4.74 Å². The average Bonchev–Trinajstić information content (AvgIpc) is 2.17. The largest absolute Gasteiger partial charge is 0.573 e. The van der Waals surface area contributed by atoms with E-state index in [1.54, 1.807) is 0 Å². The molecule has 0 bridgehead atoms. The predicted octanol–water partition coefficient (Wildman–Crippen LogP) is 3.56. The molecule has 0 fully saturated rings. The van der Waals surface area contributed by atoms with E-state index in [-0.39, 0.29) is 6.92 Å². The second-order valence-electron chi connectivity index (χ2n) is 3.38. The van der Waals surface area contributed by atoms with Crippen LogP contribution in [0.2, 0.25) is 0 Å². The average molecular weight is 272 g/mol. The van der Waals surface area contributed by atoms with Crippen LogP contribution in [0.15, 0.2) is 18.2 Å². The van der Waals surface area contributed by atoms with Crippen molar-refractivity contribution < 1.29 is 35.9 Å². The van der Waals surface area contributed by atoms with Crippen LogP contribution in [-0.4, -0.2) is 18.1 Å². The van der Waals surface area contributed by atoms with Crippen molar-refractivity contribution in [3.63, 3.8) is 0 Å². The lowest BCUT2D eigenvalue weighted by molar-refractivity contribution is -0.275. The Hall–Kier alpha value is -1.73. The summed E-state index contributed by atoms with van der Waals surface area (Å²) < 4.78 is 77.6. The monoisotopic (exact) mass is 272 g/mol. The molecule has 8 heteroatoms. The van der Waals surface area contributed by atoms with Crippen LogP contribution in [0.4, 0.5) is 26.3 Å². The molecule has 0 N–H and O–H groups in total. The Kier molecular flexibility index (Phi) is 3.59. The summed E-state index contributed by atoms with van der Waals surface area (Å²) in [5, 5.41) is 0. The van der Waals surface area contributed by atoms with Crippen LogP contribution in [0.1, 0.15) is 17.3 Å². The van der Waals surface area contributed by atoms with Gasteiger partial charge in [0, 0.05) is 6.92 Å². The zero-order valence-electron chi connectivity index (χ0n) is 8.82. The van der Waals surface area contributed by atoms with E-state index >= 15 is 0 Å². The molecule has 0 unspecified atom stereocenters. The summed E-state index contributed by atoms with van der Waals surface area (Å²) in [5.74, 6) is -8.93. The fourth-order valence-corrected chi connectivity index (χ4v) is 1.13. The Morgan fingerprint density at radius 1 is 1.17 bits per heavy atom. The number of hydrogen-bond acceptors (Lipinski definition) is 2. The van der Waals surface area contributed by atoms with Crippen molar-refractivity contribution in [2.75, 3.05) is 0 Å². The number of hydrogen-bond donors (Lipinski definition) is 0. The summed E-state index contributed by atoms with van der Waals surface area (Å²) in [5.41, 5.74) is -1.16. The molecule has 1 aromatic carbocycles. The van der Waals surface area contributed by atoms with Crippen LogP contribution in [0.3, 0.4) is 0 Å². The van der Waals surface area contributed by atoms with Gasteiger partial charge in [0.15, 0.2) is 11.6 Å². The first-order valence-corrected chi connectivity index (χ1v) is 4.49. The van der Waals surface area contributed by atoms with E-state index in [0.29, 0.717) is 12.1 Å². The molecule has 2 nitrogen and oxygen atoms in total. The minimum absolute atomic E-state index is 0.214. The minimum atomic E-state index is -5.18. The maximum absolute atomic E-state index is 13.4. The van der Waals surface area contributed by atoms with Gasteiger partial charge in [0.25, 0.3) is 0 Å². The van der Waals surface area contributed by atoms with Gasteiger partial charge in [0.05, 0.1) is 5.56 Å². The minimum Gasteiger partial charge on any atom is -0.403 e. The highest BCUT2D eigenvalue weighted by Crippen LogP contribution is 2.29. The van der Waals surface area contributed by atoms with E-state index in [9.17, 15) is 31.1 Å². The van der Waals surface area contributed by atoms with Gasteiger partial charge in [-0.05, 0) is 12.1 Å². The van der Waals surface area contributed by atoms with Gasteiger partial charge in [-0.25, -0.2) is 4.39 Å². The summed E-state index contributed by atoms with van der Waals surface area (Å²) in [6.07, 6.45) is -5.18. The normalized spacial score (nSPS) is 12.4. The number of halogens is 6. The topological polar surface area (TPSA) is 26.3 Å². The summed E-state index contributed by atoms with van der Waals surface area (Å²) in [4.78, 5) is 11.1. The van der Waals surface area contributed by atoms with Gasteiger partial charge in [-0.15, -0.1) is 13.2 Å². The Morgan fingerprint density at radius 3 is 2.17 bits per heavy atom. The first kappa shape index (κ1) is 14.3. The molecule has 0 radical (unpaired) electrons. The van der Waals surface area contributed by atoms with E-state index < -0.39 is 35.2 Å². The molecule has 0 aliphatic rings. The van der Waals surface area contributed by atoms with Crippen molar-refractivity contribution in [3.8, 4) is 5.75 Å². The first-order chi connectivity index (χ1) is 8.02. The van der Waals surface area contributed by atoms with Crippen molar-refractivity contribution in [1.29, 1.82) is 0 Å². The van der Waals surface area contributed by atoms with Gasteiger partial charge in [0.1, 0.15) is 0 Å². The Labute approximate surface area is 97.2 Å². The smallest absolute Gasteiger partial charge is 0.403 e. The van der Waals surface area contributed by atoms with E-state index in [0.717, 1.165) is 6.07 Å². The van der Waals surface area contributed by atoms with E-state index in [2.05, 4.69) is 4.74 Å². The molecule has 1 aromatic rings. The van der Waals surface area contributed by atoms with E-state index in [1.807, 2.05) is 0 Å². The maximum atomic E-state index is 13.4. The van der Waals surface area contributed by atoms with Crippen molar-refractivity contribution in [2.45, 2.75) is 19.2 Å². The third-order valence-corrected chi connectivity index (χ3v) is 1.83. The highest BCUT2D eigenvalue weighted by Gasteiger charge is 2.37. The molecule has 0 saturated carbocycles. The quantitative estimate of drug-likeness (QED) is 0.621. The number of carbonyl (C=O) groups excluding carboxylic acids is 1. The highest BCUT2D eigenvalue weighted by atomic mass is 19.4. The number of Topliss-reactive ketones (excluding diaryl/α,β-unsaturated/α-hetero) is 1. The van der Waals surface area contributed by atoms with Gasteiger partial charge in [-0.3, -0.25) is 4.79 Å². The molecule has 1 rings (SSSR count). The number of ether oxygens (including phenoxy) is 1. The molecule has 0 spiro atoms. The lowest BCUT2D eigenvalue weighted by Crippen LogP contribution is -2.26. The van der Waals surface area contributed by atoms with Crippen molar-refractivity contribution >= 4 is 5.78 Å². The lowest BCUT2D eigenvalue weighted by atomic mass is 10.1. The molecular formula is C10H6F6O2. The van der Waals surface area contributed by atoms with E-state index in [1.165, 1.54) is 0 Å². The SMILES string of the molecule is CC(F)(F)C(=O)c1cccc(OC(F)(F)F)c1F. The van der Waals surface area contributed by atoms with Crippen LogP contribution in [0, 0.1) is 5.82 Å². The third kappa shape index (κ3) is 3.38. The molecule has 0 aromatic heterocycles. The van der Waals surface area contributed by atoms with E-state index in [4.69, 9.17) is 0 Å². The Bertz CT molecular complexity index is 460. The van der Waals surface area contributed by atoms with Crippen LogP contribution in [0.25, 0.3) is 0 Å². The van der Waals surface area contributed by atoms with Gasteiger partial charge >= 0.3 is 12.3 Å². The fraction of sp³-hybridized carbons (Fsp3) is 0.300. The zero-order chi connectivity index (χ0) is 14.1. The fourth-order valence-electron chi connectivity index (χ4n) is 1.13. The standard InChI is InChI=1S/C10H6F6O2/c1-9(12,13)8(17)5-3-2-4-6(7(5)11)18-10(14,15)16/h2-4H,1H3. The predicted molar refractivity (Wildman–Crippen MR) is 48.0 cm³/mol. The molecule has 0 atom stereocenters. The zero-order valence-corrected chi connectivity index (χ0v) is 8.82. The van der Waals surface area contributed by atoms with Crippen molar-refractivity contribution in [3.05, 3.63) is 29.6 Å². The molecule has 100 valence electrons. The van der Waals surface area contributed by atoms with Gasteiger partial charge in [0.2, 0.25) is 5.78 Å².